The van der Waals surface area contributed by atoms with Crippen molar-refractivity contribution >= 4 is 21.9 Å². The molecule has 0 atom stereocenters. The van der Waals surface area contributed by atoms with Crippen molar-refractivity contribution in [3.8, 4) is 0 Å². The summed E-state index contributed by atoms with van der Waals surface area (Å²) in [5, 5.41) is 3.39. The Bertz CT molecular complexity index is 517. The highest BCUT2D eigenvalue weighted by atomic mass is 79.9. The SMILES string of the molecule is Brc1ccccc1CNc1nccn1C1CC1. The highest BCUT2D eigenvalue weighted by Gasteiger charge is 2.25. The Morgan fingerprint density at radius 1 is 1.35 bits per heavy atom. The third kappa shape index (κ3) is 2.36. The molecule has 0 aliphatic heterocycles. The number of nitrogens with zero attached hydrogens (tertiary/aromatic N) is 2. The van der Waals surface area contributed by atoms with E-state index >= 15 is 0 Å². The first-order chi connectivity index (χ1) is 8.34. The minimum Gasteiger partial charge on any atom is -0.352 e. The summed E-state index contributed by atoms with van der Waals surface area (Å²) in [5.74, 6) is 0.975. The minimum atomic E-state index is 0.666. The predicted molar refractivity (Wildman–Crippen MR) is 72.0 cm³/mol. The summed E-state index contributed by atoms with van der Waals surface area (Å²) < 4.78 is 3.37. The van der Waals surface area contributed by atoms with Crippen molar-refractivity contribution in [1.82, 2.24) is 9.55 Å². The minimum absolute atomic E-state index is 0.666. The van der Waals surface area contributed by atoms with Crippen LogP contribution in [0.4, 0.5) is 5.95 Å². The van der Waals surface area contributed by atoms with E-state index in [9.17, 15) is 0 Å². The second kappa shape index (κ2) is 4.53. The molecule has 3 rings (SSSR count). The largest absolute Gasteiger partial charge is 0.352 e. The van der Waals surface area contributed by atoms with Crippen LogP contribution in [0.1, 0.15) is 24.4 Å². The number of nitrogens with one attached hydrogen (secondary N) is 1. The molecule has 2 aromatic rings. The van der Waals surface area contributed by atoms with Crippen LogP contribution in [0.5, 0.6) is 0 Å². The highest BCUT2D eigenvalue weighted by Crippen LogP contribution is 2.36. The van der Waals surface area contributed by atoms with E-state index in [2.05, 4.69) is 55.2 Å². The number of aromatic nitrogens is 2. The zero-order valence-electron chi connectivity index (χ0n) is 9.44. The van der Waals surface area contributed by atoms with E-state index in [1.807, 2.05) is 12.3 Å². The molecule has 3 nitrogen and oxygen atoms in total. The molecule has 1 fully saturated rings. The van der Waals surface area contributed by atoms with Crippen LogP contribution in [0.15, 0.2) is 41.1 Å². The average molecular weight is 292 g/mol. The van der Waals surface area contributed by atoms with Gasteiger partial charge in [0, 0.05) is 29.5 Å². The first-order valence-corrected chi connectivity index (χ1v) is 6.64. The van der Waals surface area contributed by atoms with Gasteiger partial charge in [-0.3, -0.25) is 0 Å². The lowest BCUT2D eigenvalue weighted by atomic mass is 10.2. The summed E-state index contributed by atoms with van der Waals surface area (Å²) in [6, 6.07) is 8.92. The molecule has 0 amide bonds. The summed E-state index contributed by atoms with van der Waals surface area (Å²) in [6.45, 7) is 0.797. The molecule has 1 aliphatic carbocycles. The number of hydrogen-bond acceptors (Lipinski definition) is 2. The molecule has 1 saturated carbocycles. The molecule has 0 spiro atoms. The zero-order chi connectivity index (χ0) is 11.7. The number of benzene rings is 1. The van der Waals surface area contributed by atoms with E-state index in [1.165, 1.54) is 18.4 Å². The fraction of sp³-hybridized carbons (Fsp3) is 0.308. The molecule has 1 aliphatic rings. The fourth-order valence-corrected chi connectivity index (χ4v) is 2.34. The molecule has 0 saturated heterocycles. The molecule has 0 unspecified atom stereocenters. The highest BCUT2D eigenvalue weighted by molar-refractivity contribution is 9.10. The topological polar surface area (TPSA) is 29.9 Å². The van der Waals surface area contributed by atoms with Crippen LogP contribution in [-0.2, 0) is 6.54 Å². The molecule has 0 bridgehead atoms. The first-order valence-electron chi connectivity index (χ1n) is 5.85. The van der Waals surface area contributed by atoms with Crippen LogP contribution >= 0.6 is 15.9 Å². The van der Waals surface area contributed by atoms with Crippen LogP contribution in [0.25, 0.3) is 0 Å². The van der Waals surface area contributed by atoms with Crippen LogP contribution in [-0.4, -0.2) is 9.55 Å². The number of anilines is 1. The van der Waals surface area contributed by atoms with Crippen LogP contribution in [0, 0.1) is 0 Å². The molecule has 88 valence electrons. The summed E-state index contributed by atoms with van der Waals surface area (Å²) in [6.07, 6.45) is 6.47. The number of rotatable bonds is 4. The van der Waals surface area contributed by atoms with Gasteiger partial charge in [-0.05, 0) is 24.5 Å². The van der Waals surface area contributed by atoms with Gasteiger partial charge in [0.1, 0.15) is 0 Å². The fourth-order valence-electron chi connectivity index (χ4n) is 1.91. The van der Waals surface area contributed by atoms with Crippen molar-refractivity contribution in [1.29, 1.82) is 0 Å². The quantitative estimate of drug-likeness (QED) is 0.933. The predicted octanol–water partition coefficient (Wildman–Crippen LogP) is 3.59. The molecule has 0 radical (unpaired) electrons. The third-order valence-electron chi connectivity index (χ3n) is 3.00. The van der Waals surface area contributed by atoms with Crippen molar-refractivity contribution in [2.75, 3.05) is 5.32 Å². The molecule has 1 heterocycles. The zero-order valence-corrected chi connectivity index (χ0v) is 11.0. The first kappa shape index (κ1) is 10.8. The Kier molecular flexibility index (Phi) is 2.89. The maximum absolute atomic E-state index is 4.36. The lowest BCUT2D eigenvalue weighted by Crippen LogP contribution is -2.06. The van der Waals surface area contributed by atoms with Crippen LogP contribution in [0.2, 0.25) is 0 Å². The van der Waals surface area contributed by atoms with E-state index in [0.29, 0.717) is 6.04 Å². The van der Waals surface area contributed by atoms with Gasteiger partial charge in [-0.15, -0.1) is 0 Å². The van der Waals surface area contributed by atoms with E-state index in [0.717, 1.165) is 17.0 Å². The summed E-state index contributed by atoms with van der Waals surface area (Å²) >= 11 is 3.55. The summed E-state index contributed by atoms with van der Waals surface area (Å²) in [5.41, 5.74) is 1.25. The number of halogens is 1. The van der Waals surface area contributed by atoms with E-state index in [-0.39, 0.29) is 0 Å². The Labute approximate surface area is 109 Å². The van der Waals surface area contributed by atoms with Crippen molar-refractivity contribution in [3.05, 3.63) is 46.7 Å². The average Bonchev–Trinajstić information content (AvgIpc) is 3.08. The monoisotopic (exact) mass is 291 g/mol. The summed E-state index contributed by atoms with van der Waals surface area (Å²) in [4.78, 5) is 4.36. The third-order valence-corrected chi connectivity index (χ3v) is 3.78. The molecule has 1 aromatic heterocycles. The number of hydrogen-bond donors (Lipinski definition) is 1. The van der Waals surface area contributed by atoms with Gasteiger partial charge in [0.25, 0.3) is 0 Å². The van der Waals surface area contributed by atoms with E-state index in [1.54, 1.807) is 0 Å². The molecular formula is C13H14BrN3. The van der Waals surface area contributed by atoms with Gasteiger partial charge in [-0.1, -0.05) is 34.1 Å². The molecule has 4 heteroatoms. The van der Waals surface area contributed by atoms with Crippen LogP contribution < -0.4 is 5.32 Å². The maximum Gasteiger partial charge on any atom is 0.203 e. The van der Waals surface area contributed by atoms with Gasteiger partial charge in [0.05, 0.1) is 0 Å². The standard InChI is InChI=1S/C13H14BrN3/c14-12-4-2-1-3-10(12)9-16-13-15-7-8-17(13)11-5-6-11/h1-4,7-8,11H,5-6,9H2,(H,15,16). The lowest BCUT2D eigenvalue weighted by Gasteiger charge is -2.09. The van der Waals surface area contributed by atoms with Crippen molar-refractivity contribution in [2.24, 2.45) is 0 Å². The molecular weight excluding hydrogens is 278 g/mol. The van der Waals surface area contributed by atoms with Gasteiger partial charge in [0.2, 0.25) is 5.95 Å². The van der Waals surface area contributed by atoms with Gasteiger partial charge in [-0.25, -0.2) is 4.98 Å². The van der Waals surface area contributed by atoms with Crippen molar-refractivity contribution in [3.63, 3.8) is 0 Å². The maximum atomic E-state index is 4.36. The summed E-state index contributed by atoms with van der Waals surface area (Å²) in [7, 11) is 0. The normalized spacial score (nSPS) is 14.9. The van der Waals surface area contributed by atoms with Gasteiger partial charge in [0.15, 0.2) is 0 Å². The Balaban J connectivity index is 1.71. The molecule has 1 aromatic carbocycles. The molecule has 1 N–H and O–H groups in total. The Hall–Kier alpha value is -1.29. The smallest absolute Gasteiger partial charge is 0.203 e. The molecule has 17 heavy (non-hydrogen) atoms. The van der Waals surface area contributed by atoms with E-state index in [4.69, 9.17) is 0 Å². The Morgan fingerprint density at radius 3 is 2.94 bits per heavy atom. The Morgan fingerprint density at radius 2 is 2.18 bits per heavy atom. The van der Waals surface area contributed by atoms with Gasteiger partial charge < -0.3 is 9.88 Å². The van der Waals surface area contributed by atoms with Gasteiger partial charge >= 0.3 is 0 Å². The van der Waals surface area contributed by atoms with Gasteiger partial charge in [-0.2, -0.15) is 0 Å². The van der Waals surface area contributed by atoms with E-state index < -0.39 is 0 Å². The second-order valence-corrected chi connectivity index (χ2v) is 5.19. The van der Waals surface area contributed by atoms with Crippen molar-refractivity contribution in [2.45, 2.75) is 25.4 Å². The lowest BCUT2D eigenvalue weighted by molar-refractivity contribution is 0.743. The second-order valence-electron chi connectivity index (χ2n) is 4.33. The number of imidazole rings is 1. The van der Waals surface area contributed by atoms with Crippen LogP contribution in [0.3, 0.4) is 0 Å². The van der Waals surface area contributed by atoms with Crippen molar-refractivity contribution < 1.29 is 0 Å².